The van der Waals surface area contributed by atoms with Gasteiger partial charge in [0.1, 0.15) is 0 Å². The highest BCUT2D eigenvalue weighted by atomic mass is 35.5. The number of nitrogens with one attached hydrogen (secondary N) is 3. The lowest BCUT2D eigenvalue weighted by atomic mass is 9.90. The number of hydrazine groups is 1. The van der Waals surface area contributed by atoms with Gasteiger partial charge in [0.2, 0.25) is 5.91 Å². The van der Waals surface area contributed by atoms with Crippen molar-refractivity contribution in [2.45, 2.75) is 107 Å². The number of urea groups is 1. The third-order valence-electron chi connectivity index (χ3n) is 8.83. The molecule has 4 amide bonds. The summed E-state index contributed by atoms with van der Waals surface area (Å²) in [4.78, 5) is 42.3. The number of piperidine rings is 1. The van der Waals surface area contributed by atoms with E-state index >= 15 is 0 Å². The minimum atomic E-state index is -0.984. The van der Waals surface area contributed by atoms with Gasteiger partial charge in [-0.1, -0.05) is 43.0 Å². The Bertz CT molecular complexity index is 1000. The second-order valence-corrected chi connectivity index (χ2v) is 12.6. The Morgan fingerprint density at radius 3 is 2.07 bits per heavy atom. The van der Waals surface area contributed by atoms with Gasteiger partial charge < -0.3 is 25.5 Å². The van der Waals surface area contributed by atoms with Crippen LogP contribution >= 0.6 is 11.6 Å². The summed E-state index contributed by atoms with van der Waals surface area (Å²) in [5.41, 5.74) is 4.01. The molecule has 11 heteroatoms. The van der Waals surface area contributed by atoms with Crippen LogP contribution in [0.3, 0.4) is 0 Å². The molecule has 4 N–H and O–H groups in total. The van der Waals surface area contributed by atoms with Gasteiger partial charge in [0, 0.05) is 56.4 Å². The normalized spacial score (nSPS) is 23.2. The Balaban J connectivity index is 1.40. The van der Waals surface area contributed by atoms with E-state index in [0.29, 0.717) is 24.5 Å². The molecule has 2 aliphatic carbocycles. The van der Waals surface area contributed by atoms with Crippen molar-refractivity contribution in [3.63, 3.8) is 0 Å². The van der Waals surface area contributed by atoms with Crippen LogP contribution in [0.15, 0.2) is 24.3 Å². The minimum absolute atomic E-state index is 0.0354. The molecular formula is C30H47ClN6O4. The summed E-state index contributed by atoms with van der Waals surface area (Å²) in [5, 5.41) is 17.7. The maximum absolute atomic E-state index is 14.0. The Kier molecular flexibility index (Phi) is 11.5. The van der Waals surface area contributed by atoms with Crippen LogP contribution in [-0.4, -0.2) is 95.3 Å². The average Bonchev–Trinajstić information content (AvgIpc) is 2.95. The van der Waals surface area contributed by atoms with E-state index in [2.05, 4.69) is 21.0 Å². The Hall–Kier alpha value is -2.56. The van der Waals surface area contributed by atoms with Crippen molar-refractivity contribution in [3.05, 3.63) is 34.9 Å². The van der Waals surface area contributed by atoms with Crippen LogP contribution in [0.1, 0.15) is 76.2 Å². The standard InChI is InChI=1S/C30H47ClN6O4/c1-35(2)34-29(39)37(25-6-4-3-5-7-25)26-16-18-36(19-17-26)28(38)27(20-21-8-10-22(31)11-9-21)32-23-12-14-24(15-13-23)33-30(40)41/h8-11,23-27,32-33H,3-7,12-20H2,1-2H3,(H,34,39)(H,40,41)/t23?,24?,27-/m1/s1. The van der Waals surface area contributed by atoms with Gasteiger partial charge in [-0.2, -0.15) is 0 Å². The van der Waals surface area contributed by atoms with E-state index < -0.39 is 6.09 Å². The third kappa shape index (κ3) is 9.21. The first-order chi connectivity index (χ1) is 19.7. The van der Waals surface area contributed by atoms with Crippen molar-refractivity contribution in [1.29, 1.82) is 0 Å². The molecular weight excluding hydrogens is 544 g/mol. The highest BCUT2D eigenvalue weighted by Crippen LogP contribution is 2.29. The van der Waals surface area contributed by atoms with Crippen molar-refractivity contribution in [1.82, 2.24) is 30.9 Å². The predicted octanol–water partition coefficient (Wildman–Crippen LogP) is 4.23. The smallest absolute Gasteiger partial charge is 0.404 e. The van der Waals surface area contributed by atoms with Gasteiger partial charge >= 0.3 is 12.1 Å². The van der Waals surface area contributed by atoms with Crippen molar-refractivity contribution < 1.29 is 19.5 Å². The highest BCUT2D eigenvalue weighted by molar-refractivity contribution is 6.30. The lowest BCUT2D eigenvalue weighted by Crippen LogP contribution is -2.59. The van der Waals surface area contributed by atoms with E-state index in [1.54, 1.807) is 5.01 Å². The van der Waals surface area contributed by atoms with Gasteiger partial charge in [-0.25, -0.2) is 14.6 Å². The zero-order chi connectivity index (χ0) is 29.4. The molecule has 1 aromatic carbocycles. The minimum Gasteiger partial charge on any atom is -0.465 e. The van der Waals surface area contributed by atoms with Gasteiger partial charge in [-0.05, 0) is 75.5 Å². The molecule has 228 valence electrons. The molecule has 3 aliphatic rings. The number of hydrogen-bond acceptors (Lipinski definition) is 5. The molecule has 0 spiro atoms. The number of benzene rings is 1. The third-order valence-corrected chi connectivity index (χ3v) is 9.09. The van der Waals surface area contributed by atoms with Crippen molar-refractivity contribution >= 4 is 29.6 Å². The lowest BCUT2D eigenvalue weighted by Gasteiger charge is -2.44. The molecule has 0 bridgehead atoms. The number of nitrogens with zero attached hydrogens (tertiary/aromatic N) is 3. The first-order valence-electron chi connectivity index (χ1n) is 15.2. The molecule has 0 unspecified atom stereocenters. The summed E-state index contributed by atoms with van der Waals surface area (Å²) in [6, 6.07) is 7.70. The molecule has 1 aromatic rings. The molecule has 1 aliphatic heterocycles. The number of carbonyl (C=O) groups is 3. The van der Waals surface area contributed by atoms with Crippen molar-refractivity contribution in [3.8, 4) is 0 Å². The SMILES string of the molecule is CN(C)NC(=O)N(C1CCCCC1)C1CCN(C(=O)[C@@H](Cc2ccc(Cl)cc2)NC2CCC(NC(=O)O)CC2)CC1. The Morgan fingerprint density at radius 2 is 1.49 bits per heavy atom. The maximum atomic E-state index is 14.0. The molecule has 41 heavy (non-hydrogen) atoms. The first kappa shape index (κ1) is 31.4. The Labute approximate surface area is 249 Å². The van der Waals surface area contributed by atoms with E-state index in [4.69, 9.17) is 16.7 Å². The van der Waals surface area contributed by atoms with Gasteiger partial charge in [0.05, 0.1) is 6.04 Å². The quantitative estimate of drug-likeness (QED) is 0.320. The number of halogens is 1. The fourth-order valence-electron chi connectivity index (χ4n) is 6.76. The highest BCUT2D eigenvalue weighted by Gasteiger charge is 2.37. The fourth-order valence-corrected chi connectivity index (χ4v) is 6.89. The van der Waals surface area contributed by atoms with E-state index in [1.165, 1.54) is 6.42 Å². The van der Waals surface area contributed by atoms with E-state index in [0.717, 1.165) is 69.8 Å². The van der Waals surface area contributed by atoms with Crippen molar-refractivity contribution in [2.75, 3.05) is 27.2 Å². The summed E-state index contributed by atoms with van der Waals surface area (Å²) >= 11 is 6.11. The predicted molar refractivity (Wildman–Crippen MR) is 160 cm³/mol. The molecule has 3 fully saturated rings. The Morgan fingerprint density at radius 1 is 0.902 bits per heavy atom. The lowest BCUT2D eigenvalue weighted by molar-refractivity contribution is -0.135. The zero-order valence-electron chi connectivity index (χ0n) is 24.5. The van der Waals surface area contributed by atoms with Gasteiger partial charge in [-0.3, -0.25) is 10.2 Å². The van der Waals surface area contributed by atoms with Crippen LogP contribution < -0.4 is 16.1 Å². The second-order valence-electron chi connectivity index (χ2n) is 12.1. The van der Waals surface area contributed by atoms with Gasteiger partial charge in [-0.15, -0.1) is 0 Å². The summed E-state index contributed by atoms with van der Waals surface area (Å²) in [6.07, 6.45) is 9.85. The molecule has 10 nitrogen and oxygen atoms in total. The fraction of sp³-hybridized carbons (Fsp3) is 0.700. The average molecular weight is 591 g/mol. The molecule has 4 rings (SSSR count). The molecule has 0 radical (unpaired) electrons. The van der Waals surface area contributed by atoms with Crippen LogP contribution in [0.5, 0.6) is 0 Å². The summed E-state index contributed by atoms with van der Waals surface area (Å²) in [6.45, 7) is 1.24. The number of amides is 4. The summed E-state index contributed by atoms with van der Waals surface area (Å²) < 4.78 is 0. The van der Waals surface area contributed by atoms with Crippen LogP contribution in [0.25, 0.3) is 0 Å². The van der Waals surface area contributed by atoms with E-state index in [9.17, 15) is 14.4 Å². The zero-order valence-corrected chi connectivity index (χ0v) is 25.2. The first-order valence-corrected chi connectivity index (χ1v) is 15.6. The van der Waals surface area contributed by atoms with E-state index in [1.807, 2.05) is 43.3 Å². The van der Waals surface area contributed by atoms with Crippen LogP contribution in [-0.2, 0) is 11.2 Å². The molecule has 1 heterocycles. The largest absolute Gasteiger partial charge is 0.465 e. The van der Waals surface area contributed by atoms with Crippen LogP contribution in [0.4, 0.5) is 9.59 Å². The molecule has 1 saturated heterocycles. The molecule has 2 saturated carbocycles. The number of rotatable bonds is 9. The number of carbonyl (C=O) groups excluding carboxylic acids is 2. The number of hydrogen-bond donors (Lipinski definition) is 4. The maximum Gasteiger partial charge on any atom is 0.404 e. The molecule has 0 aromatic heterocycles. The summed E-state index contributed by atoms with van der Waals surface area (Å²) in [5.74, 6) is 0.0890. The van der Waals surface area contributed by atoms with Crippen LogP contribution in [0.2, 0.25) is 5.02 Å². The van der Waals surface area contributed by atoms with Gasteiger partial charge in [0.15, 0.2) is 0 Å². The molecule has 1 atom stereocenters. The summed E-state index contributed by atoms with van der Waals surface area (Å²) in [7, 11) is 3.67. The van der Waals surface area contributed by atoms with Crippen molar-refractivity contribution in [2.24, 2.45) is 0 Å². The van der Waals surface area contributed by atoms with Crippen LogP contribution in [0, 0.1) is 0 Å². The topological polar surface area (TPSA) is 117 Å². The number of carboxylic acid groups (broad SMARTS) is 1. The number of likely N-dealkylation sites (tertiary alicyclic amines) is 1. The van der Waals surface area contributed by atoms with E-state index in [-0.39, 0.29) is 42.1 Å². The van der Waals surface area contributed by atoms with Gasteiger partial charge in [0.25, 0.3) is 0 Å². The monoisotopic (exact) mass is 590 g/mol. The second kappa shape index (κ2) is 15.1.